The number of carbonyl (C=O) groups excluding carboxylic acids is 1. The quantitative estimate of drug-likeness (QED) is 0.533. The van der Waals surface area contributed by atoms with Gasteiger partial charge in [0.2, 0.25) is 0 Å². The minimum atomic E-state index is 0.202. The molecule has 0 aliphatic carbocycles. The molecular weight excluding hydrogens is 152 g/mol. The maximum atomic E-state index is 10.1. The van der Waals surface area contributed by atoms with E-state index < -0.39 is 0 Å². The molecule has 0 aromatic heterocycles. The van der Waals surface area contributed by atoms with Gasteiger partial charge in [-0.15, -0.1) is 0 Å². The zero-order chi connectivity index (χ0) is 8.97. The Hall–Kier alpha value is -1.57. The first-order valence-corrected chi connectivity index (χ1v) is 3.66. The molecule has 0 fully saturated rings. The van der Waals surface area contributed by atoms with E-state index in [1.807, 2.05) is 6.07 Å². The second kappa shape index (κ2) is 3.72. The minimum Gasteiger partial charge on any atom is -0.507 e. The highest BCUT2D eigenvalue weighted by Gasteiger charge is 1.99. The summed E-state index contributed by atoms with van der Waals surface area (Å²) in [7, 11) is 0. The van der Waals surface area contributed by atoms with E-state index in [9.17, 15) is 9.90 Å². The second-order valence-corrected chi connectivity index (χ2v) is 2.50. The zero-order valence-corrected chi connectivity index (χ0v) is 6.82. The van der Waals surface area contributed by atoms with Gasteiger partial charge in [-0.2, -0.15) is 0 Å². The summed E-state index contributed by atoms with van der Waals surface area (Å²) in [6, 6.07) is 6.92. The molecule has 0 aliphatic heterocycles. The number of hydrogen-bond donors (Lipinski definition) is 1. The van der Waals surface area contributed by atoms with Crippen molar-refractivity contribution in [2.75, 3.05) is 0 Å². The lowest BCUT2D eigenvalue weighted by Crippen LogP contribution is -1.80. The van der Waals surface area contributed by atoms with E-state index in [1.54, 1.807) is 25.1 Å². The first-order valence-electron chi connectivity index (χ1n) is 3.66. The fourth-order valence-corrected chi connectivity index (χ4v) is 0.999. The molecule has 0 unspecified atom stereocenters. The van der Waals surface area contributed by atoms with Gasteiger partial charge in [0, 0.05) is 5.56 Å². The van der Waals surface area contributed by atoms with Crippen LogP contribution >= 0.6 is 0 Å². The van der Waals surface area contributed by atoms with E-state index in [2.05, 4.69) is 0 Å². The highest BCUT2D eigenvalue weighted by Crippen LogP contribution is 2.23. The van der Waals surface area contributed by atoms with Crippen LogP contribution in [0, 0.1) is 0 Å². The smallest absolute Gasteiger partial charge is 0.143 e. The number of aldehydes is 1. The predicted molar refractivity (Wildman–Crippen MR) is 47.8 cm³/mol. The summed E-state index contributed by atoms with van der Waals surface area (Å²) in [6.45, 7) is 1.78. The third kappa shape index (κ3) is 1.72. The van der Waals surface area contributed by atoms with Gasteiger partial charge in [-0.25, -0.2) is 0 Å². The van der Waals surface area contributed by atoms with E-state index >= 15 is 0 Å². The molecule has 12 heavy (non-hydrogen) atoms. The van der Waals surface area contributed by atoms with Gasteiger partial charge >= 0.3 is 0 Å². The summed E-state index contributed by atoms with van der Waals surface area (Å²) in [5.74, 6) is 0.202. The molecule has 0 saturated carbocycles. The normalized spacial score (nSPS) is 11.2. The van der Waals surface area contributed by atoms with Gasteiger partial charge in [-0.1, -0.05) is 18.2 Å². The molecule has 0 spiro atoms. The van der Waals surface area contributed by atoms with Crippen molar-refractivity contribution in [2.24, 2.45) is 0 Å². The Kier molecular flexibility index (Phi) is 2.64. The molecule has 2 nitrogen and oxygen atoms in total. The van der Waals surface area contributed by atoms with Crippen LogP contribution in [-0.4, -0.2) is 11.4 Å². The van der Waals surface area contributed by atoms with Crippen LogP contribution in [0.1, 0.15) is 12.5 Å². The first kappa shape index (κ1) is 8.53. The lowest BCUT2D eigenvalue weighted by atomic mass is 10.1. The monoisotopic (exact) mass is 162 g/mol. The topological polar surface area (TPSA) is 37.3 Å². The fraction of sp³-hybridized carbons (Fsp3) is 0.100. The lowest BCUT2D eigenvalue weighted by molar-refractivity contribution is -0.104. The number of carbonyl (C=O) groups is 1. The van der Waals surface area contributed by atoms with Gasteiger partial charge in [0.15, 0.2) is 0 Å². The Bertz CT molecular complexity index is 313. The van der Waals surface area contributed by atoms with E-state index in [1.165, 1.54) is 6.08 Å². The van der Waals surface area contributed by atoms with Gasteiger partial charge in [0.1, 0.15) is 12.0 Å². The number of benzene rings is 1. The van der Waals surface area contributed by atoms with Crippen LogP contribution < -0.4 is 0 Å². The maximum absolute atomic E-state index is 10.1. The Labute approximate surface area is 71.2 Å². The second-order valence-electron chi connectivity index (χ2n) is 2.50. The van der Waals surface area contributed by atoms with Crippen LogP contribution in [0.2, 0.25) is 0 Å². The molecule has 0 heterocycles. The number of hydrogen-bond acceptors (Lipinski definition) is 2. The summed E-state index contributed by atoms with van der Waals surface area (Å²) < 4.78 is 0. The fourth-order valence-electron chi connectivity index (χ4n) is 0.999. The summed E-state index contributed by atoms with van der Waals surface area (Å²) in [6.07, 6.45) is 2.14. The molecule has 2 heteroatoms. The highest BCUT2D eigenvalue weighted by atomic mass is 16.3. The van der Waals surface area contributed by atoms with Crippen molar-refractivity contribution in [3.63, 3.8) is 0 Å². The molecule has 0 amide bonds. The van der Waals surface area contributed by atoms with Gasteiger partial charge in [-0.05, 0) is 24.6 Å². The number of para-hydroxylation sites is 1. The van der Waals surface area contributed by atoms with E-state index in [4.69, 9.17) is 0 Å². The summed E-state index contributed by atoms with van der Waals surface area (Å²) in [5, 5.41) is 9.35. The van der Waals surface area contributed by atoms with Crippen LogP contribution in [0.25, 0.3) is 5.57 Å². The van der Waals surface area contributed by atoms with Gasteiger partial charge in [0.05, 0.1) is 0 Å². The van der Waals surface area contributed by atoms with Crippen LogP contribution in [0.4, 0.5) is 0 Å². The average molecular weight is 162 g/mol. The summed E-state index contributed by atoms with van der Waals surface area (Å²) in [5.41, 5.74) is 1.47. The van der Waals surface area contributed by atoms with Crippen molar-refractivity contribution >= 4 is 11.9 Å². The van der Waals surface area contributed by atoms with Crippen molar-refractivity contribution in [1.82, 2.24) is 0 Å². The third-order valence-corrected chi connectivity index (χ3v) is 1.65. The van der Waals surface area contributed by atoms with Crippen molar-refractivity contribution in [3.8, 4) is 5.75 Å². The highest BCUT2D eigenvalue weighted by molar-refractivity contribution is 5.82. The molecule has 62 valence electrons. The van der Waals surface area contributed by atoms with Gasteiger partial charge in [0.25, 0.3) is 0 Å². The van der Waals surface area contributed by atoms with E-state index in [0.29, 0.717) is 11.8 Å². The Morgan fingerprint density at radius 1 is 1.42 bits per heavy atom. The molecular formula is C10H10O2. The molecule has 1 aromatic rings. The van der Waals surface area contributed by atoms with Crippen molar-refractivity contribution in [2.45, 2.75) is 6.92 Å². The Balaban J connectivity index is 3.10. The minimum absolute atomic E-state index is 0.202. The van der Waals surface area contributed by atoms with Gasteiger partial charge in [-0.3, -0.25) is 4.79 Å². The predicted octanol–water partition coefficient (Wildman–Crippen LogP) is 1.99. The molecule has 0 bridgehead atoms. The van der Waals surface area contributed by atoms with E-state index in [-0.39, 0.29) is 5.75 Å². The van der Waals surface area contributed by atoms with Crippen LogP contribution in [0.15, 0.2) is 30.3 Å². The SMILES string of the molecule is C/C(=C\C=O)c1ccccc1O. The number of aromatic hydroxyl groups is 1. The molecule has 1 N–H and O–H groups in total. The number of phenolic OH excluding ortho intramolecular Hbond substituents is 1. The third-order valence-electron chi connectivity index (χ3n) is 1.65. The molecule has 1 aromatic carbocycles. The molecule has 0 saturated heterocycles. The molecule has 1 rings (SSSR count). The van der Waals surface area contributed by atoms with Crippen molar-refractivity contribution < 1.29 is 9.90 Å². The van der Waals surface area contributed by atoms with Crippen molar-refractivity contribution in [1.29, 1.82) is 0 Å². The molecule has 0 radical (unpaired) electrons. The molecule has 0 aliphatic rings. The number of rotatable bonds is 2. The molecule has 0 atom stereocenters. The van der Waals surface area contributed by atoms with Crippen LogP contribution in [0.3, 0.4) is 0 Å². The number of allylic oxidation sites excluding steroid dienone is 2. The van der Waals surface area contributed by atoms with E-state index in [0.717, 1.165) is 5.57 Å². The largest absolute Gasteiger partial charge is 0.507 e. The first-order chi connectivity index (χ1) is 5.75. The maximum Gasteiger partial charge on any atom is 0.143 e. The standard InChI is InChI=1S/C10H10O2/c1-8(6-7-11)9-4-2-3-5-10(9)12/h2-7,12H,1H3/b8-6+. The number of phenols is 1. The van der Waals surface area contributed by atoms with Crippen molar-refractivity contribution in [3.05, 3.63) is 35.9 Å². The summed E-state index contributed by atoms with van der Waals surface area (Å²) >= 11 is 0. The average Bonchev–Trinajstić information content (AvgIpc) is 2.05. The van der Waals surface area contributed by atoms with Crippen LogP contribution in [-0.2, 0) is 4.79 Å². The van der Waals surface area contributed by atoms with Gasteiger partial charge < -0.3 is 5.11 Å². The van der Waals surface area contributed by atoms with Crippen LogP contribution in [0.5, 0.6) is 5.75 Å². The Morgan fingerprint density at radius 3 is 2.67 bits per heavy atom. The Morgan fingerprint density at radius 2 is 2.08 bits per heavy atom. The summed E-state index contributed by atoms with van der Waals surface area (Å²) in [4.78, 5) is 10.1. The zero-order valence-electron chi connectivity index (χ0n) is 6.82. The lowest BCUT2D eigenvalue weighted by Gasteiger charge is -2.01.